The number of amidine groups is 1. The van der Waals surface area contributed by atoms with Crippen LogP contribution in [0.2, 0.25) is 0 Å². The summed E-state index contributed by atoms with van der Waals surface area (Å²) in [7, 11) is 0. The van der Waals surface area contributed by atoms with E-state index in [9.17, 15) is 17.6 Å². The molecule has 1 aromatic carbocycles. The fourth-order valence-electron chi connectivity index (χ4n) is 1.74. The van der Waals surface area contributed by atoms with Crippen LogP contribution in [0.1, 0.15) is 26.7 Å². The van der Waals surface area contributed by atoms with E-state index < -0.39 is 34.4 Å². The van der Waals surface area contributed by atoms with Gasteiger partial charge in [0.25, 0.3) is 0 Å². The molecule has 0 fully saturated rings. The van der Waals surface area contributed by atoms with Gasteiger partial charge in [-0.25, -0.2) is 17.6 Å². The van der Waals surface area contributed by atoms with Gasteiger partial charge in [-0.05, 0) is 12.8 Å². The van der Waals surface area contributed by atoms with Gasteiger partial charge in [-0.1, -0.05) is 19.0 Å². The second kappa shape index (κ2) is 6.64. The molecule has 0 heterocycles. The summed E-state index contributed by atoms with van der Waals surface area (Å²) in [6.07, 6.45) is 0.831. The molecule has 0 unspecified atom stereocenters. The number of nitrogens with zero attached hydrogens (tertiary/aromatic N) is 1. The van der Waals surface area contributed by atoms with Crippen LogP contribution in [-0.2, 0) is 0 Å². The van der Waals surface area contributed by atoms with Crippen LogP contribution in [0, 0.1) is 28.7 Å². The second-order valence-electron chi connectivity index (χ2n) is 5.24. The maximum absolute atomic E-state index is 13.4. The lowest BCUT2D eigenvalue weighted by molar-refractivity contribution is 0.305. The number of benzene rings is 1. The lowest BCUT2D eigenvalue weighted by Crippen LogP contribution is -2.32. The smallest absolute Gasteiger partial charge is 0.185 e. The fourth-order valence-corrected chi connectivity index (χ4v) is 1.74. The standard InChI is InChI=1S/C13H17F4N3O/c1-13(2,12(18)20-21)4-3-5-19-11-9(16)7(14)6-8(15)10(11)17/h6,19,21H,3-5H2,1-2H3,(H2,18,20). The number of hydrogen-bond donors (Lipinski definition) is 3. The summed E-state index contributed by atoms with van der Waals surface area (Å²) < 4.78 is 52.7. The maximum Gasteiger partial charge on any atom is 0.185 e. The Bertz CT molecular complexity index is 520. The largest absolute Gasteiger partial charge is 0.409 e. The Morgan fingerprint density at radius 1 is 1.24 bits per heavy atom. The molecule has 4 N–H and O–H groups in total. The minimum Gasteiger partial charge on any atom is -0.409 e. The Morgan fingerprint density at radius 3 is 2.24 bits per heavy atom. The Morgan fingerprint density at radius 2 is 1.76 bits per heavy atom. The van der Waals surface area contributed by atoms with Crippen molar-refractivity contribution in [1.29, 1.82) is 0 Å². The van der Waals surface area contributed by atoms with Crippen LogP contribution in [0.5, 0.6) is 0 Å². The predicted molar refractivity (Wildman–Crippen MR) is 71.2 cm³/mol. The zero-order chi connectivity index (χ0) is 16.2. The quantitative estimate of drug-likeness (QED) is 0.144. The van der Waals surface area contributed by atoms with Crippen molar-refractivity contribution in [3.8, 4) is 0 Å². The van der Waals surface area contributed by atoms with E-state index in [1.165, 1.54) is 0 Å². The second-order valence-corrected chi connectivity index (χ2v) is 5.24. The number of oxime groups is 1. The van der Waals surface area contributed by atoms with Crippen molar-refractivity contribution in [3.05, 3.63) is 29.3 Å². The van der Waals surface area contributed by atoms with E-state index in [0.29, 0.717) is 12.8 Å². The van der Waals surface area contributed by atoms with Crippen LogP contribution >= 0.6 is 0 Å². The van der Waals surface area contributed by atoms with E-state index in [1.54, 1.807) is 13.8 Å². The van der Waals surface area contributed by atoms with Crippen molar-refractivity contribution in [2.45, 2.75) is 26.7 Å². The van der Waals surface area contributed by atoms with E-state index in [1.807, 2.05) is 0 Å². The molecule has 0 bridgehead atoms. The Labute approximate surface area is 119 Å². The van der Waals surface area contributed by atoms with Gasteiger partial charge in [0.1, 0.15) is 11.5 Å². The van der Waals surface area contributed by atoms with Crippen LogP contribution in [0.4, 0.5) is 23.2 Å². The monoisotopic (exact) mass is 307 g/mol. The lowest BCUT2D eigenvalue weighted by Gasteiger charge is -2.22. The number of halogens is 4. The molecule has 0 radical (unpaired) electrons. The van der Waals surface area contributed by atoms with E-state index in [0.717, 1.165) is 0 Å². The van der Waals surface area contributed by atoms with Crippen LogP contribution < -0.4 is 11.1 Å². The van der Waals surface area contributed by atoms with Crippen LogP contribution in [0.3, 0.4) is 0 Å². The highest BCUT2D eigenvalue weighted by Gasteiger charge is 2.23. The van der Waals surface area contributed by atoms with Crippen molar-refractivity contribution in [1.82, 2.24) is 0 Å². The van der Waals surface area contributed by atoms with E-state index in [4.69, 9.17) is 10.9 Å². The summed E-state index contributed by atoms with van der Waals surface area (Å²) >= 11 is 0. The Kier molecular flexibility index (Phi) is 5.40. The molecule has 1 aromatic rings. The highest BCUT2D eigenvalue weighted by molar-refractivity contribution is 5.85. The first-order chi connectivity index (χ1) is 9.70. The molecule has 4 nitrogen and oxygen atoms in total. The summed E-state index contributed by atoms with van der Waals surface area (Å²) in [5.74, 6) is -5.84. The average Bonchev–Trinajstić information content (AvgIpc) is 2.43. The van der Waals surface area contributed by atoms with Crippen molar-refractivity contribution in [2.75, 3.05) is 11.9 Å². The summed E-state index contributed by atoms with van der Waals surface area (Å²) in [6.45, 7) is 3.52. The fraction of sp³-hybridized carbons (Fsp3) is 0.462. The minimum absolute atomic E-state index is 0.0247. The van der Waals surface area contributed by atoms with Crippen LogP contribution in [-0.4, -0.2) is 17.6 Å². The molecule has 0 spiro atoms. The van der Waals surface area contributed by atoms with Gasteiger partial charge in [0, 0.05) is 18.0 Å². The molecule has 0 atom stereocenters. The van der Waals surface area contributed by atoms with Crippen molar-refractivity contribution in [2.24, 2.45) is 16.3 Å². The van der Waals surface area contributed by atoms with Gasteiger partial charge in [-0.15, -0.1) is 0 Å². The van der Waals surface area contributed by atoms with Gasteiger partial charge in [0.15, 0.2) is 23.3 Å². The summed E-state index contributed by atoms with van der Waals surface area (Å²) in [5, 5.41) is 13.8. The summed E-state index contributed by atoms with van der Waals surface area (Å²) in [5.41, 5.74) is 4.04. The molecule has 0 saturated carbocycles. The van der Waals surface area contributed by atoms with E-state index in [2.05, 4.69) is 10.5 Å². The van der Waals surface area contributed by atoms with Crippen LogP contribution in [0.25, 0.3) is 0 Å². The van der Waals surface area contributed by atoms with Gasteiger partial charge in [0.05, 0.1) is 0 Å². The third-order valence-electron chi connectivity index (χ3n) is 3.19. The topological polar surface area (TPSA) is 70.6 Å². The van der Waals surface area contributed by atoms with Gasteiger partial charge >= 0.3 is 0 Å². The average molecular weight is 307 g/mol. The summed E-state index contributed by atoms with van der Waals surface area (Å²) in [6, 6.07) is 0.150. The molecule has 0 amide bonds. The molecular weight excluding hydrogens is 290 g/mol. The number of rotatable bonds is 6. The number of anilines is 1. The maximum atomic E-state index is 13.4. The molecule has 0 aliphatic rings. The Balaban J connectivity index is 2.66. The molecule has 1 rings (SSSR count). The third kappa shape index (κ3) is 3.99. The third-order valence-corrected chi connectivity index (χ3v) is 3.19. The van der Waals surface area contributed by atoms with Crippen molar-refractivity contribution >= 4 is 11.5 Å². The van der Waals surface area contributed by atoms with Gasteiger partial charge in [0.2, 0.25) is 0 Å². The number of nitrogens with two attached hydrogens (primary N) is 1. The molecule has 8 heteroatoms. The normalized spacial score (nSPS) is 12.6. The minimum atomic E-state index is -1.47. The zero-order valence-electron chi connectivity index (χ0n) is 11.7. The SMILES string of the molecule is CC(C)(CCCNc1c(F)c(F)cc(F)c1F)/C(N)=N/O. The zero-order valence-corrected chi connectivity index (χ0v) is 11.7. The highest BCUT2D eigenvalue weighted by Crippen LogP contribution is 2.25. The van der Waals surface area contributed by atoms with Gasteiger partial charge in [-0.3, -0.25) is 0 Å². The predicted octanol–water partition coefficient (Wildman–Crippen LogP) is 3.21. The number of nitrogens with one attached hydrogen (secondary N) is 1. The van der Waals surface area contributed by atoms with Gasteiger partial charge in [-0.2, -0.15) is 0 Å². The molecule has 0 aliphatic heterocycles. The molecule has 0 aromatic heterocycles. The first-order valence-electron chi connectivity index (χ1n) is 6.25. The Hall–Kier alpha value is -1.99. The molecule has 0 aliphatic carbocycles. The molecular formula is C13H17F4N3O. The molecule has 21 heavy (non-hydrogen) atoms. The van der Waals surface area contributed by atoms with Crippen molar-refractivity contribution in [3.63, 3.8) is 0 Å². The molecule has 118 valence electrons. The molecule has 0 saturated heterocycles. The van der Waals surface area contributed by atoms with E-state index >= 15 is 0 Å². The first-order valence-corrected chi connectivity index (χ1v) is 6.25. The van der Waals surface area contributed by atoms with E-state index in [-0.39, 0.29) is 18.4 Å². The first kappa shape index (κ1) is 17.1. The highest BCUT2D eigenvalue weighted by atomic mass is 19.2. The lowest BCUT2D eigenvalue weighted by atomic mass is 9.86. The number of hydrogen-bond acceptors (Lipinski definition) is 3. The van der Waals surface area contributed by atoms with Gasteiger partial charge < -0.3 is 16.3 Å². The van der Waals surface area contributed by atoms with Crippen molar-refractivity contribution < 1.29 is 22.8 Å². The summed E-state index contributed by atoms with van der Waals surface area (Å²) in [4.78, 5) is 0. The van der Waals surface area contributed by atoms with Crippen LogP contribution in [0.15, 0.2) is 11.2 Å².